The molecule has 0 aliphatic rings. The summed E-state index contributed by atoms with van der Waals surface area (Å²) in [5.74, 6) is -0.738. The van der Waals surface area contributed by atoms with Crippen LogP contribution in [-0.2, 0) is 21.2 Å². The number of benzene rings is 3. The molecule has 9 heteroatoms. The molecule has 0 spiro atoms. The van der Waals surface area contributed by atoms with Crippen LogP contribution in [0.15, 0.2) is 72.8 Å². The van der Waals surface area contributed by atoms with Crippen LogP contribution in [0, 0.1) is 10.1 Å². The first-order valence-electron chi connectivity index (χ1n) is 10.2. The molecular formula is C24H25N3O5S. The van der Waals surface area contributed by atoms with Crippen LogP contribution in [0.4, 0.5) is 17.1 Å². The van der Waals surface area contributed by atoms with E-state index in [2.05, 4.69) is 30.8 Å². The Balaban J connectivity index is 1.69. The quantitative estimate of drug-likeness (QED) is 0.371. The molecule has 3 aromatic carbocycles. The van der Waals surface area contributed by atoms with Gasteiger partial charge in [0, 0.05) is 23.4 Å². The Morgan fingerprint density at radius 1 is 0.939 bits per heavy atom. The summed E-state index contributed by atoms with van der Waals surface area (Å²) in [6, 6.07) is 19.1. The largest absolute Gasteiger partial charge is 0.322 e. The van der Waals surface area contributed by atoms with E-state index in [-0.39, 0.29) is 22.7 Å². The first-order chi connectivity index (χ1) is 15.4. The van der Waals surface area contributed by atoms with Crippen molar-refractivity contribution in [2.45, 2.75) is 31.9 Å². The maximum Gasteiger partial charge on any atom is 0.269 e. The fraction of sp³-hybridized carbons (Fsp3) is 0.208. The van der Waals surface area contributed by atoms with E-state index >= 15 is 0 Å². The van der Waals surface area contributed by atoms with E-state index in [4.69, 9.17) is 0 Å². The van der Waals surface area contributed by atoms with Gasteiger partial charge in [-0.1, -0.05) is 51.1 Å². The van der Waals surface area contributed by atoms with Gasteiger partial charge in [0.2, 0.25) is 10.0 Å². The third-order valence-corrected chi connectivity index (χ3v) is 6.15. The zero-order valence-electron chi connectivity index (χ0n) is 18.5. The summed E-state index contributed by atoms with van der Waals surface area (Å²) in [4.78, 5) is 22.9. The standard InChI is InChI=1S/C24H25N3O5S/c1-24(2,3)19-12-10-18(11-13-19)23(28)25-20-7-5-8-21(15-20)26-33(31,32)16-17-6-4-9-22(14-17)27(29)30/h4-15,26H,16H2,1-3H3,(H,25,28). The number of nitrogens with zero attached hydrogens (tertiary/aromatic N) is 1. The lowest BCUT2D eigenvalue weighted by Gasteiger charge is -2.19. The highest BCUT2D eigenvalue weighted by Gasteiger charge is 2.16. The number of carbonyl (C=O) groups excluding carboxylic acids is 1. The lowest BCUT2D eigenvalue weighted by atomic mass is 9.87. The van der Waals surface area contributed by atoms with Crippen LogP contribution in [0.2, 0.25) is 0 Å². The van der Waals surface area contributed by atoms with Gasteiger partial charge in [0.05, 0.1) is 16.4 Å². The van der Waals surface area contributed by atoms with Crippen molar-refractivity contribution in [3.8, 4) is 0 Å². The van der Waals surface area contributed by atoms with Gasteiger partial charge in [-0.15, -0.1) is 0 Å². The van der Waals surface area contributed by atoms with Gasteiger partial charge in [-0.3, -0.25) is 19.6 Å². The van der Waals surface area contributed by atoms with Crippen LogP contribution in [0.5, 0.6) is 0 Å². The van der Waals surface area contributed by atoms with Crippen molar-refractivity contribution in [3.05, 3.63) is 99.6 Å². The molecule has 0 aliphatic carbocycles. The molecule has 0 aromatic heterocycles. The first kappa shape index (κ1) is 23.9. The molecule has 8 nitrogen and oxygen atoms in total. The molecule has 0 radical (unpaired) electrons. The number of hydrogen-bond donors (Lipinski definition) is 2. The molecule has 3 rings (SSSR count). The van der Waals surface area contributed by atoms with Crippen LogP contribution in [-0.4, -0.2) is 19.2 Å². The van der Waals surface area contributed by atoms with Gasteiger partial charge in [-0.2, -0.15) is 0 Å². The van der Waals surface area contributed by atoms with Crippen molar-refractivity contribution < 1.29 is 18.1 Å². The Kier molecular flexibility index (Phi) is 6.83. The monoisotopic (exact) mass is 467 g/mol. The van der Waals surface area contributed by atoms with E-state index < -0.39 is 20.7 Å². The van der Waals surface area contributed by atoms with E-state index in [0.29, 0.717) is 16.8 Å². The second-order valence-electron chi connectivity index (χ2n) is 8.65. The molecule has 0 saturated heterocycles. The topological polar surface area (TPSA) is 118 Å². The molecule has 0 fully saturated rings. The summed E-state index contributed by atoms with van der Waals surface area (Å²) in [6.07, 6.45) is 0. The molecule has 0 aliphatic heterocycles. The van der Waals surface area contributed by atoms with Gasteiger partial charge in [0.25, 0.3) is 11.6 Å². The molecule has 0 bridgehead atoms. The van der Waals surface area contributed by atoms with Crippen LogP contribution in [0.1, 0.15) is 42.3 Å². The van der Waals surface area contributed by atoms with Crippen molar-refractivity contribution in [2.24, 2.45) is 0 Å². The SMILES string of the molecule is CC(C)(C)c1ccc(C(=O)Nc2cccc(NS(=O)(=O)Cc3cccc([N+](=O)[O-])c3)c2)cc1. The Labute approximate surface area is 192 Å². The summed E-state index contributed by atoms with van der Waals surface area (Å²) >= 11 is 0. The smallest absolute Gasteiger partial charge is 0.269 e. The number of sulfonamides is 1. The van der Waals surface area contributed by atoms with Crippen molar-refractivity contribution in [3.63, 3.8) is 0 Å². The molecule has 0 unspecified atom stereocenters. The van der Waals surface area contributed by atoms with Crippen LogP contribution in [0.25, 0.3) is 0 Å². The van der Waals surface area contributed by atoms with Crippen LogP contribution < -0.4 is 10.0 Å². The number of anilines is 2. The molecule has 172 valence electrons. The molecule has 3 aromatic rings. The number of non-ortho nitro benzene ring substituents is 1. The Bertz CT molecular complexity index is 1280. The summed E-state index contributed by atoms with van der Waals surface area (Å²) < 4.78 is 27.5. The molecule has 1 amide bonds. The van der Waals surface area contributed by atoms with E-state index in [1.807, 2.05) is 12.1 Å². The summed E-state index contributed by atoms with van der Waals surface area (Å²) in [5, 5.41) is 13.7. The lowest BCUT2D eigenvalue weighted by molar-refractivity contribution is -0.384. The van der Waals surface area contributed by atoms with Crippen molar-refractivity contribution >= 4 is 33.0 Å². The second-order valence-corrected chi connectivity index (χ2v) is 10.4. The fourth-order valence-corrected chi connectivity index (χ4v) is 4.36. The number of hydrogen-bond acceptors (Lipinski definition) is 5. The molecular weight excluding hydrogens is 442 g/mol. The zero-order chi connectivity index (χ0) is 24.2. The summed E-state index contributed by atoms with van der Waals surface area (Å²) in [7, 11) is -3.83. The van der Waals surface area contributed by atoms with Gasteiger partial charge in [0.15, 0.2) is 0 Å². The maximum atomic E-state index is 12.6. The van der Waals surface area contributed by atoms with Gasteiger partial charge in [-0.05, 0) is 46.9 Å². The van der Waals surface area contributed by atoms with Gasteiger partial charge in [-0.25, -0.2) is 8.42 Å². The Hall–Kier alpha value is -3.72. The minimum atomic E-state index is -3.83. The number of nitro groups is 1. The van der Waals surface area contributed by atoms with Crippen LogP contribution >= 0.6 is 0 Å². The van der Waals surface area contributed by atoms with Gasteiger partial charge >= 0.3 is 0 Å². The molecule has 0 saturated carbocycles. The summed E-state index contributed by atoms with van der Waals surface area (Å²) in [5.41, 5.74) is 2.38. The van der Waals surface area contributed by atoms with E-state index in [1.54, 1.807) is 30.3 Å². The third-order valence-electron chi connectivity index (χ3n) is 4.88. The van der Waals surface area contributed by atoms with Crippen LogP contribution in [0.3, 0.4) is 0 Å². The average Bonchev–Trinajstić information content (AvgIpc) is 2.73. The molecule has 0 atom stereocenters. The predicted molar refractivity (Wildman–Crippen MR) is 129 cm³/mol. The highest BCUT2D eigenvalue weighted by molar-refractivity contribution is 7.91. The van der Waals surface area contributed by atoms with Gasteiger partial charge < -0.3 is 5.32 Å². The predicted octanol–water partition coefficient (Wildman–Crippen LogP) is 5.09. The Morgan fingerprint density at radius 3 is 2.21 bits per heavy atom. The summed E-state index contributed by atoms with van der Waals surface area (Å²) in [6.45, 7) is 6.27. The normalized spacial score (nSPS) is 11.6. The number of nitrogens with one attached hydrogen (secondary N) is 2. The number of nitro benzene ring substituents is 1. The van der Waals surface area contributed by atoms with Crippen molar-refractivity contribution in [1.82, 2.24) is 0 Å². The highest BCUT2D eigenvalue weighted by atomic mass is 32.2. The Morgan fingerprint density at radius 2 is 1.58 bits per heavy atom. The molecule has 0 heterocycles. The van der Waals surface area contributed by atoms with E-state index in [9.17, 15) is 23.3 Å². The third kappa shape index (κ3) is 6.63. The fourth-order valence-electron chi connectivity index (χ4n) is 3.18. The lowest BCUT2D eigenvalue weighted by Crippen LogP contribution is -2.16. The number of rotatable bonds is 7. The molecule has 33 heavy (non-hydrogen) atoms. The van der Waals surface area contributed by atoms with E-state index in [1.165, 1.54) is 30.3 Å². The minimum Gasteiger partial charge on any atom is -0.322 e. The number of carbonyl (C=O) groups is 1. The van der Waals surface area contributed by atoms with Crippen molar-refractivity contribution in [1.29, 1.82) is 0 Å². The first-order valence-corrected chi connectivity index (χ1v) is 11.8. The minimum absolute atomic E-state index is 0.0227. The number of amides is 1. The second kappa shape index (κ2) is 9.41. The maximum absolute atomic E-state index is 12.6. The average molecular weight is 468 g/mol. The molecule has 2 N–H and O–H groups in total. The van der Waals surface area contributed by atoms with Crippen molar-refractivity contribution in [2.75, 3.05) is 10.0 Å². The highest BCUT2D eigenvalue weighted by Crippen LogP contribution is 2.23. The van der Waals surface area contributed by atoms with Gasteiger partial charge in [0.1, 0.15) is 0 Å². The zero-order valence-corrected chi connectivity index (χ0v) is 19.3. The van der Waals surface area contributed by atoms with E-state index in [0.717, 1.165) is 5.56 Å².